The van der Waals surface area contributed by atoms with Crippen LogP contribution in [0.2, 0.25) is 15.1 Å². The molecule has 2 aromatic rings. The first kappa shape index (κ1) is 13.4. The SMILES string of the molecule is COC(=O)Cc1cc(Cl)c2c(Cl)ccc(Cl)c2n1. The highest BCUT2D eigenvalue weighted by Gasteiger charge is 2.13. The second kappa shape index (κ2) is 5.31. The molecule has 0 radical (unpaired) electrons. The molecule has 0 aliphatic carbocycles. The van der Waals surface area contributed by atoms with E-state index in [1.54, 1.807) is 18.2 Å². The van der Waals surface area contributed by atoms with E-state index >= 15 is 0 Å². The standard InChI is InChI=1S/C12H8Cl3NO2/c1-18-10(17)5-6-4-9(15)11-7(13)2-3-8(14)12(11)16-6/h2-4H,5H2,1H3. The van der Waals surface area contributed by atoms with Crippen molar-refractivity contribution in [3.8, 4) is 0 Å². The van der Waals surface area contributed by atoms with Crippen molar-refractivity contribution in [1.82, 2.24) is 4.98 Å². The molecule has 0 aliphatic heterocycles. The van der Waals surface area contributed by atoms with Gasteiger partial charge in [-0.25, -0.2) is 0 Å². The van der Waals surface area contributed by atoms with E-state index in [1.807, 2.05) is 0 Å². The van der Waals surface area contributed by atoms with E-state index in [2.05, 4.69) is 9.72 Å². The summed E-state index contributed by atoms with van der Waals surface area (Å²) in [5.41, 5.74) is 0.971. The van der Waals surface area contributed by atoms with Gasteiger partial charge in [-0.05, 0) is 18.2 Å². The predicted octanol–water partition coefficient (Wildman–Crippen LogP) is 3.91. The first-order valence-electron chi connectivity index (χ1n) is 5.03. The fourth-order valence-electron chi connectivity index (χ4n) is 1.58. The molecule has 18 heavy (non-hydrogen) atoms. The lowest BCUT2D eigenvalue weighted by Gasteiger charge is -2.07. The van der Waals surface area contributed by atoms with Crippen LogP contribution < -0.4 is 0 Å². The van der Waals surface area contributed by atoms with Gasteiger partial charge in [-0.2, -0.15) is 0 Å². The number of nitrogens with zero attached hydrogens (tertiary/aromatic N) is 1. The van der Waals surface area contributed by atoms with E-state index in [-0.39, 0.29) is 6.42 Å². The van der Waals surface area contributed by atoms with E-state index < -0.39 is 5.97 Å². The Kier molecular flexibility index (Phi) is 3.95. The van der Waals surface area contributed by atoms with Crippen molar-refractivity contribution < 1.29 is 9.53 Å². The van der Waals surface area contributed by atoms with Crippen molar-refractivity contribution in [3.63, 3.8) is 0 Å². The lowest BCUT2D eigenvalue weighted by atomic mass is 10.1. The van der Waals surface area contributed by atoms with Crippen molar-refractivity contribution in [2.24, 2.45) is 0 Å². The van der Waals surface area contributed by atoms with Crippen LogP contribution in [0.4, 0.5) is 0 Å². The molecule has 0 atom stereocenters. The number of hydrogen-bond donors (Lipinski definition) is 0. The molecule has 6 heteroatoms. The molecular weight excluding hydrogens is 296 g/mol. The Hall–Kier alpha value is -1.03. The van der Waals surface area contributed by atoms with Crippen molar-refractivity contribution in [2.45, 2.75) is 6.42 Å². The van der Waals surface area contributed by atoms with Crippen LogP contribution in [0.1, 0.15) is 5.69 Å². The van der Waals surface area contributed by atoms with Crippen LogP contribution in [-0.4, -0.2) is 18.1 Å². The number of halogens is 3. The van der Waals surface area contributed by atoms with E-state index in [4.69, 9.17) is 34.8 Å². The summed E-state index contributed by atoms with van der Waals surface area (Å²) in [6.07, 6.45) is 0.0367. The third-order valence-corrected chi connectivity index (χ3v) is 3.34. The minimum Gasteiger partial charge on any atom is -0.469 e. The van der Waals surface area contributed by atoms with Crippen molar-refractivity contribution in [1.29, 1.82) is 0 Å². The van der Waals surface area contributed by atoms with Crippen LogP contribution in [0.5, 0.6) is 0 Å². The lowest BCUT2D eigenvalue weighted by Crippen LogP contribution is -2.06. The van der Waals surface area contributed by atoms with Gasteiger partial charge in [0.15, 0.2) is 0 Å². The monoisotopic (exact) mass is 303 g/mol. The Bertz CT molecular complexity index is 628. The number of carbonyl (C=O) groups excluding carboxylic acids is 1. The van der Waals surface area contributed by atoms with Gasteiger partial charge in [-0.15, -0.1) is 0 Å². The van der Waals surface area contributed by atoms with E-state index in [0.717, 1.165) is 0 Å². The molecule has 0 amide bonds. The zero-order valence-electron chi connectivity index (χ0n) is 9.34. The summed E-state index contributed by atoms with van der Waals surface area (Å²) in [4.78, 5) is 15.5. The number of fused-ring (bicyclic) bond motifs is 1. The fraction of sp³-hybridized carbons (Fsp3) is 0.167. The van der Waals surface area contributed by atoms with Crippen molar-refractivity contribution in [2.75, 3.05) is 7.11 Å². The number of esters is 1. The van der Waals surface area contributed by atoms with Gasteiger partial charge in [0, 0.05) is 5.39 Å². The summed E-state index contributed by atoms with van der Waals surface area (Å²) in [7, 11) is 1.31. The number of pyridine rings is 1. The molecule has 0 bridgehead atoms. The van der Waals surface area contributed by atoms with Crippen molar-refractivity contribution in [3.05, 3.63) is 39.0 Å². The molecule has 0 saturated heterocycles. The Labute approximate surface area is 119 Å². The minimum atomic E-state index is -0.393. The number of aromatic nitrogens is 1. The number of ether oxygens (including phenoxy) is 1. The second-order valence-corrected chi connectivity index (χ2v) is 4.82. The van der Waals surface area contributed by atoms with E-state index in [9.17, 15) is 4.79 Å². The van der Waals surface area contributed by atoms with Crippen LogP contribution in [-0.2, 0) is 16.0 Å². The van der Waals surface area contributed by atoms with Gasteiger partial charge in [0.05, 0.1) is 39.8 Å². The first-order chi connectivity index (χ1) is 8.52. The third-order valence-electron chi connectivity index (χ3n) is 2.42. The quantitative estimate of drug-likeness (QED) is 0.790. The lowest BCUT2D eigenvalue weighted by molar-refractivity contribution is -0.139. The summed E-state index contributed by atoms with van der Waals surface area (Å²) in [5.74, 6) is -0.393. The molecule has 0 fully saturated rings. The molecule has 0 spiro atoms. The van der Waals surface area contributed by atoms with Gasteiger partial charge in [0.2, 0.25) is 0 Å². The highest BCUT2D eigenvalue weighted by Crippen LogP contribution is 2.34. The third kappa shape index (κ3) is 2.53. The first-order valence-corrected chi connectivity index (χ1v) is 6.16. The Morgan fingerprint density at radius 2 is 1.89 bits per heavy atom. The van der Waals surface area contributed by atoms with Gasteiger partial charge in [0.1, 0.15) is 0 Å². The topological polar surface area (TPSA) is 39.2 Å². The molecule has 3 nitrogen and oxygen atoms in total. The Balaban J connectivity index is 2.61. The number of carbonyl (C=O) groups is 1. The molecule has 0 aliphatic rings. The van der Waals surface area contributed by atoms with Gasteiger partial charge < -0.3 is 4.74 Å². The molecule has 2 rings (SSSR count). The number of rotatable bonds is 2. The van der Waals surface area contributed by atoms with Gasteiger partial charge in [-0.1, -0.05) is 34.8 Å². The minimum absolute atomic E-state index is 0.0367. The molecule has 1 heterocycles. The largest absolute Gasteiger partial charge is 0.469 e. The average Bonchev–Trinajstić information content (AvgIpc) is 2.33. The van der Waals surface area contributed by atoms with E-state index in [0.29, 0.717) is 31.7 Å². The summed E-state index contributed by atoms with van der Waals surface area (Å²) in [6.45, 7) is 0. The Morgan fingerprint density at radius 3 is 2.56 bits per heavy atom. The van der Waals surface area contributed by atoms with Gasteiger partial charge in [0.25, 0.3) is 0 Å². The van der Waals surface area contributed by atoms with E-state index in [1.165, 1.54) is 7.11 Å². The number of benzene rings is 1. The molecule has 0 N–H and O–H groups in total. The molecule has 0 unspecified atom stereocenters. The van der Waals surface area contributed by atoms with Crippen molar-refractivity contribution >= 4 is 51.7 Å². The molecular formula is C12H8Cl3NO2. The summed E-state index contributed by atoms with van der Waals surface area (Å²) >= 11 is 18.2. The second-order valence-electron chi connectivity index (χ2n) is 3.60. The van der Waals surface area contributed by atoms with Crippen LogP contribution in [0.25, 0.3) is 10.9 Å². The van der Waals surface area contributed by atoms with Gasteiger partial charge >= 0.3 is 5.97 Å². The number of methoxy groups -OCH3 is 1. The fourth-order valence-corrected chi connectivity index (χ4v) is 2.40. The zero-order chi connectivity index (χ0) is 13.3. The molecule has 94 valence electrons. The van der Waals surface area contributed by atoms with Gasteiger partial charge in [-0.3, -0.25) is 9.78 Å². The average molecular weight is 305 g/mol. The van der Waals surface area contributed by atoms with Crippen LogP contribution >= 0.6 is 34.8 Å². The normalized spacial score (nSPS) is 10.7. The maximum atomic E-state index is 11.2. The maximum absolute atomic E-state index is 11.2. The summed E-state index contributed by atoms with van der Waals surface area (Å²) in [5, 5.41) is 1.89. The highest BCUT2D eigenvalue weighted by molar-refractivity contribution is 6.44. The van der Waals surface area contributed by atoms with Crippen LogP contribution in [0, 0.1) is 0 Å². The van der Waals surface area contributed by atoms with Crippen LogP contribution in [0.3, 0.4) is 0 Å². The molecule has 1 aromatic carbocycles. The summed E-state index contributed by atoms with van der Waals surface area (Å²) in [6, 6.07) is 4.88. The predicted molar refractivity (Wildman–Crippen MR) is 72.5 cm³/mol. The zero-order valence-corrected chi connectivity index (χ0v) is 11.6. The molecule has 1 aromatic heterocycles. The maximum Gasteiger partial charge on any atom is 0.311 e. The van der Waals surface area contributed by atoms with Crippen LogP contribution in [0.15, 0.2) is 18.2 Å². The smallest absolute Gasteiger partial charge is 0.311 e. The summed E-state index contributed by atoms with van der Waals surface area (Å²) < 4.78 is 4.58. The highest BCUT2D eigenvalue weighted by atomic mass is 35.5. The Morgan fingerprint density at radius 1 is 1.22 bits per heavy atom. The number of hydrogen-bond acceptors (Lipinski definition) is 3. The molecule has 0 saturated carbocycles.